The summed E-state index contributed by atoms with van der Waals surface area (Å²) in [5.41, 5.74) is 1.72. The molecule has 0 atom stereocenters. The number of nitrogens with one attached hydrogen (secondary N) is 1. The van der Waals surface area contributed by atoms with Crippen LogP contribution in [0.15, 0.2) is 28.8 Å². The predicted octanol–water partition coefficient (Wildman–Crippen LogP) is 3.35. The monoisotopic (exact) mass is 423 g/mol. The summed E-state index contributed by atoms with van der Waals surface area (Å²) in [5.74, 6) is 1.44. The van der Waals surface area contributed by atoms with Crippen molar-refractivity contribution in [3.8, 4) is 28.5 Å². The number of rotatable bonds is 4. The molecule has 0 amide bonds. The molecule has 4 rings (SSSR count). The number of nitrogens with zero attached hydrogens (tertiary/aromatic N) is 6. The minimum atomic E-state index is 0.0263. The van der Waals surface area contributed by atoms with Gasteiger partial charge >= 0.3 is 0 Å². The fraction of sp³-hybridized carbons (Fsp3) is 0.500. The standard InChI is InChI=1S/C22H29N7O2/c1-13-24-26-19(31-13)14-7-8-16(18(30)9-14)17-12-23-20(27-25-17)29(6)15-10-21(2,3)28-22(4,5)11-15/h7-9,12,15,28,30H,10-11H2,1-6H3. The van der Waals surface area contributed by atoms with Crippen molar-refractivity contribution < 1.29 is 9.52 Å². The van der Waals surface area contributed by atoms with Crippen molar-refractivity contribution in [1.82, 2.24) is 30.7 Å². The summed E-state index contributed by atoms with van der Waals surface area (Å²) in [7, 11) is 2.01. The van der Waals surface area contributed by atoms with Crippen LogP contribution in [0.1, 0.15) is 46.4 Å². The van der Waals surface area contributed by atoms with E-state index in [1.165, 1.54) is 0 Å². The van der Waals surface area contributed by atoms with Crippen LogP contribution in [0.5, 0.6) is 5.75 Å². The molecule has 0 spiro atoms. The predicted molar refractivity (Wildman–Crippen MR) is 118 cm³/mol. The molecular formula is C22H29N7O2. The molecule has 9 nitrogen and oxygen atoms in total. The second-order valence-corrected chi connectivity index (χ2v) is 9.57. The van der Waals surface area contributed by atoms with Crippen LogP contribution in [0.2, 0.25) is 0 Å². The van der Waals surface area contributed by atoms with Gasteiger partial charge in [0.15, 0.2) is 0 Å². The van der Waals surface area contributed by atoms with Crippen LogP contribution in [-0.4, -0.2) is 54.7 Å². The third kappa shape index (κ3) is 4.51. The fourth-order valence-corrected chi connectivity index (χ4v) is 4.55. The highest BCUT2D eigenvalue weighted by atomic mass is 16.4. The molecular weight excluding hydrogens is 394 g/mol. The van der Waals surface area contributed by atoms with Gasteiger partial charge in [0.05, 0.1) is 6.20 Å². The Hall–Kier alpha value is -3.07. The van der Waals surface area contributed by atoms with E-state index in [0.717, 1.165) is 12.8 Å². The third-order valence-corrected chi connectivity index (χ3v) is 5.63. The van der Waals surface area contributed by atoms with E-state index in [1.807, 2.05) is 7.05 Å². The fourth-order valence-electron chi connectivity index (χ4n) is 4.55. The molecule has 0 aliphatic carbocycles. The Balaban J connectivity index is 1.54. The number of phenols is 1. The molecule has 31 heavy (non-hydrogen) atoms. The normalized spacial score (nSPS) is 18.1. The van der Waals surface area contributed by atoms with Gasteiger partial charge in [0.2, 0.25) is 17.7 Å². The van der Waals surface area contributed by atoms with Gasteiger partial charge in [-0.25, -0.2) is 4.98 Å². The molecule has 0 saturated carbocycles. The molecule has 9 heteroatoms. The van der Waals surface area contributed by atoms with Crippen molar-refractivity contribution in [2.75, 3.05) is 11.9 Å². The van der Waals surface area contributed by atoms with E-state index >= 15 is 0 Å². The Morgan fingerprint density at radius 2 is 1.77 bits per heavy atom. The molecule has 0 unspecified atom stereocenters. The van der Waals surface area contributed by atoms with Crippen LogP contribution in [0.3, 0.4) is 0 Å². The Bertz CT molecular complexity index is 1060. The van der Waals surface area contributed by atoms with Gasteiger partial charge < -0.3 is 19.7 Å². The molecule has 1 aliphatic heterocycles. The molecule has 1 saturated heterocycles. The van der Waals surface area contributed by atoms with Gasteiger partial charge in [-0.1, -0.05) is 0 Å². The topological polar surface area (TPSA) is 113 Å². The van der Waals surface area contributed by atoms with Crippen LogP contribution in [0, 0.1) is 6.92 Å². The van der Waals surface area contributed by atoms with Gasteiger partial charge in [-0.15, -0.1) is 20.4 Å². The van der Waals surface area contributed by atoms with Gasteiger partial charge in [0.25, 0.3) is 0 Å². The number of hydrogen-bond acceptors (Lipinski definition) is 9. The zero-order valence-corrected chi connectivity index (χ0v) is 18.8. The van der Waals surface area contributed by atoms with Gasteiger partial charge in [-0.05, 0) is 58.7 Å². The van der Waals surface area contributed by atoms with Gasteiger partial charge in [-0.2, -0.15) is 0 Å². The summed E-state index contributed by atoms with van der Waals surface area (Å²) < 4.78 is 5.42. The second kappa shape index (κ2) is 7.56. The molecule has 3 aromatic rings. The Labute approximate surface area is 181 Å². The van der Waals surface area contributed by atoms with E-state index in [9.17, 15) is 5.11 Å². The second-order valence-electron chi connectivity index (χ2n) is 9.57. The molecule has 2 N–H and O–H groups in total. The summed E-state index contributed by atoms with van der Waals surface area (Å²) in [6.45, 7) is 10.6. The summed E-state index contributed by atoms with van der Waals surface area (Å²) in [6.07, 6.45) is 3.60. The van der Waals surface area contributed by atoms with Crippen molar-refractivity contribution in [3.05, 3.63) is 30.3 Å². The lowest BCUT2D eigenvalue weighted by Gasteiger charge is -2.48. The van der Waals surface area contributed by atoms with Gasteiger partial charge in [-0.3, -0.25) is 0 Å². The highest BCUT2D eigenvalue weighted by molar-refractivity contribution is 5.71. The van der Waals surface area contributed by atoms with Crippen LogP contribution in [0.25, 0.3) is 22.7 Å². The third-order valence-electron chi connectivity index (χ3n) is 5.63. The van der Waals surface area contributed by atoms with Crippen molar-refractivity contribution in [2.24, 2.45) is 0 Å². The number of aromatic hydroxyl groups is 1. The maximum absolute atomic E-state index is 10.5. The van der Waals surface area contributed by atoms with Crippen LogP contribution in [0.4, 0.5) is 5.95 Å². The lowest BCUT2D eigenvalue weighted by atomic mass is 9.79. The largest absolute Gasteiger partial charge is 0.507 e. The first-order valence-corrected chi connectivity index (χ1v) is 10.4. The first kappa shape index (κ1) is 21.2. The first-order chi connectivity index (χ1) is 14.5. The molecule has 0 radical (unpaired) electrons. The molecule has 164 valence electrons. The van der Waals surface area contributed by atoms with Crippen molar-refractivity contribution in [1.29, 1.82) is 0 Å². The van der Waals surface area contributed by atoms with E-state index in [1.54, 1.807) is 31.3 Å². The number of aryl methyl sites for hydroxylation is 1. The Morgan fingerprint density at radius 1 is 1.06 bits per heavy atom. The van der Waals surface area contributed by atoms with E-state index in [-0.39, 0.29) is 16.8 Å². The first-order valence-electron chi connectivity index (χ1n) is 10.4. The lowest BCUT2D eigenvalue weighted by Crippen LogP contribution is -2.62. The maximum Gasteiger partial charge on any atom is 0.247 e. The summed E-state index contributed by atoms with van der Waals surface area (Å²) in [5, 5.41) is 30.7. The summed E-state index contributed by atoms with van der Waals surface area (Å²) >= 11 is 0. The summed E-state index contributed by atoms with van der Waals surface area (Å²) in [4.78, 5) is 6.63. The average molecular weight is 424 g/mol. The number of phenolic OH excluding ortho intramolecular Hbond substituents is 1. The molecule has 1 fully saturated rings. The molecule has 3 heterocycles. The Morgan fingerprint density at radius 3 is 2.32 bits per heavy atom. The number of aromatic nitrogens is 5. The van der Waals surface area contributed by atoms with Crippen molar-refractivity contribution in [3.63, 3.8) is 0 Å². The zero-order valence-electron chi connectivity index (χ0n) is 18.8. The quantitative estimate of drug-likeness (QED) is 0.652. The number of benzene rings is 1. The minimum absolute atomic E-state index is 0.0263. The number of anilines is 1. The molecule has 2 aromatic heterocycles. The lowest BCUT2D eigenvalue weighted by molar-refractivity contribution is 0.160. The van der Waals surface area contributed by atoms with Crippen LogP contribution >= 0.6 is 0 Å². The molecule has 0 bridgehead atoms. The van der Waals surface area contributed by atoms with Crippen molar-refractivity contribution >= 4 is 5.95 Å². The van der Waals surface area contributed by atoms with E-state index in [2.05, 4.69) is 63.3 Å². The molecule has 1 aromatic carbocycles. The smallest absolute Gasteiger partial charge is 0.247 e. The Kier molecular flexibility index (Phi) is 5.17. The SMILES string of the molecule is Cc1nnc(-c2ccc(-c3cnc(N(C)C4CC(C)(C)NC(C)(C)C4)nn3)c(O)c2)o1. The van der Waals surface area contributed by atoms with Gasteiger partial charge in [0.1, 0.15) is 11.4 Å². The minimum Gasteiger partial charge on any atom is -0.507 e. The number of piperidine rings is 1. The van der Waals surface area contributed by atoms with Crippen molar-refractivity contribution in [2.45, 2.75) is 64.6 Å². The highest BCUT2D eigenvalue weighted by Crippen LogP contribution is 2.34. The average Bonchev–Trinajstić information content (AvgIpc) is 3.11. The maximum atomic E-state index is 10.5. The van der Waals surface area contributed by atoms with Crippen LogP contribution < -0.4 is 10.2 Å². The zero-order chi connectivity index (χ0) is 22.4. The number of hydrogen-bond donors (Lipinski definition) is 2. The summed E-state index contributed by atoms with van der Waals surface area (Å²) in [6, 6.07) is 5.41. The van der Waals surface area contributed by atoms with E-state index in [4.69, 9.17) is 4.42 Å². The van der Waals surface area contributed by atoms with E-state index in [0.29, 0.717) is 40.6 Å². The van der Waals surface area contributed by atoms with Gasteiger partial charge in [0, 0.05) is 42.2 Å². The molecule has 1 aliphatic rings. The highest BCUT2D eigenvalue weighted by Gasteiger charge is 2.39. The van der Waals surface area contributed by atoms with E-state index < -0.39 is 0 Å². The van der Waals surface area contributed by atoms with Crippen LogP contribution in [-0.2, 0) is 0 Å².